The van der Waals surface area contributed by atoms with Gasteiger partial charge in [-0.25, -0.2) is 0 Å². The first-order chi connectivity index (χ1) is 9.84. The number of aliphatic hydroxyl groups is 1. The van der Waals surface area contributed by atoms with Gasteiger partial charge >= 0.3 is 0 Å². The van der Waals surface area contributed by atoms with Crippen LogP contribution < -0.4 is 0 Å². The van der Waals surface area contributed by atoms with Gasteiger partial charge in [-0.3, -0.25) is 19.2 Å². The van der Waals surface area contributed by atoms with Crippen LogP contribution >= 0.6 is 0 Å². The van der Waals surface area contributed by atoms with Crippen molar-refractivity contribution in [3.05, 3.63) is 0 Å². The highest BCUT2D eigenvalue weighted by Gasteiger charge is 1.73. The van der Waals surface area contributed by atoms with E-state index >= 15 is 0 Å². The van der Waals surface area contributed by atoms with Crippen molar-refractivity contribution < 1.29 is 49.4 Å². The summed E-state index contributed by atoms with van der Waals surface area (Å²) in [5, 5.41) is 37.7. The van der Waals surface area contributed by atoms with Crippen molar-refractivity contribution in [2.45, 2.75) is 34.6 Å². The molecular weight excluding hydrogens is 304 g/mol. The van der Waals surface area contributed by atoms with Crippen LogP contribution in [0, 0.1) is 0 Å². The Morgan fingerprint density at radius 3 is 0.955 bits per heavy atom. The Morgan fingerprint density at radius 2 is 0.909 bits per heavy atom. The first-order valence-corrected chi connectivity index (χ1v) is 5.81. The number of aliphatic hydroxyl groups excluding tert-OH is 1. The lowest BCUT2D eigenvalue weighted by Gasteiger charge is -1.91. The normalized spacial score (nSPS) is 7.00. The van der Waals surface area contributed by atoms with E-state index in [-0.39, 0.29) is 6.61 Å². The van der Waals surface area contributed by atoms with Crippen molar-refractivity contribution in [1.82, 2.24) is 0 Å². The number of ether oxygens (including phenoxy) is 1. The molecule has 0 aromatic rings. The topological polar surface area (TPSA) is 179 Å². The zero-order valence-corrected chi connectivity index (χ0v) is 13.4. The van der Waals surface area contributed by atoms with Gasteiger partial charge in [0.15, 0.2) is 0 Å². The van der Waals surface area contributed by atoms with Gasteiger partial charge in [0.25, 0.3) is 23.9 Å². The molecule has 10 nitrogen and oxygen atoms in total. The largest absolute Gasteiger partial charge is 0.481 e. The standard InChI is InChI=1S/C4H10O2.4C2H4O2/c1-2-6-4-3-5;4*1-2(3)4/h5H,2-4H2,1H3;4*1H3,(H,3,4). The molecule has 0 amide bonds. The van der Waals surface area contributed by atoms with Crippen LogP contribution in [0.15, 0.2) is 0 Å². The minimum atomic E-state index is -0.833. The Labute approximate surface area is 129 Å². The molecule has 0 aliphatic carbocycles. The van der Waals surface area contributed by atoms with Gasteiger partial charge in [-0.15, -0.1) is 0 Å². The Morgan fingerprint density at radius 1 is 0.727 bits per heavy atom. The minimum absolute atomic E-state index is 0.133. The van der Waals surface area contributed by atoms with Crippen molar-refractivity contribution in [3.8, 4) is 0 Å². The lowest BCUT2D eigenvalue weighted by Crippen LogP contribution is -1.96. The second kappa shape index (κ2) is 31.3. The zero-order chi connectivity index (χ0) is 19.1. The second-order valence-corrected chi connectivity index (χ2v) is 3.00. The summed E-state index contributed by atoms with van der Waals surface area (Å²) in [4.78, 5) is 36.0. The maximum Gasteiger partial charge on any atom is 0.300 e. The van der Waals surface area contributed by atoms with Gasteiger partial charge in [0.05, 0.1) is 13.2 Å². The van der Waals surface area contributed by atoms with Crippen LogP contribution in [0.25, 0.3) is 0 Å². The third-order valence-electron chi connectivity index (χ3n) is 0.440. The SMILES string of the molecule is CC(=O)O.CC(=O)O.CC(=O)O.CC(=O)O.CCOCCO. The van der Waals surface area contributed by atoms with Crippen molar-refractivity contribution >= 4 is 23.9 Å². The molecule has 0 aromatic carbocycles. The number of rotatable bonds is 3. The molecule has 134 valence electrons. The molecule has 0 atom stereocenters. The average Bonchev–Trinajstić information content (AvgIpc) is 2.23. The van der Waals surface area contributed by atoms with Crippen LogP contribution in [-0.2, 0) is 23.9 Å². The van der Waals surface area contributed by atoms with E-state index in [9.17, 15) is 0 Å². The Balaban J connectivity index is -0.0000000555. The fraction of sp³-hybridized carbons (Fsp3) is 0.667. The highest BCUT2D eigenvalue weighted by molar-refractivity contribution is 5.63. The highest BCUT2D eigenvalue weighted by Crippen LogP contribution is 1.66. The van der Waals surface area contributed by atoms with Crippen LogP contribution in [0.3, 0.4) is 0 Å². The Bertz CT molecular complexity index is 207. The number of aliphatic carboxylic acids is 4. The van der Waals surface area contributed by atoms with Gasteiger partial charge < -0.3 is 30.3 Å². The first kappa shape index (κ1) is 31.9. The van der Waals surface area contributed by atoms with Crippen molar-refractivity contribution in [1.29, 1.82) is 0 Å². The number of hydrogen-bond donors (Lipinski definition) is 5. The first-order valence-electron chi connectivity index (χ1n) is 5.81. The molecule has 0 fully saturated rings. The summed E-state index contributed by atoms with van der Waals surface area (Å²) in [5.41, 5.74) is 0. The molecule has 0 aliphatic rings. The molecule has 0 saturated carbocycles. The van der Waals surface area contributed by atoms with Gasteiger partial charge in [-0.05, 0) is 6.92 Å². The number of hydrogen-bond acceptors (Lipinski definition) is 6. The lowest BCUT2D eigenvalue weighted by molar-refractivity contribution is -0.135. The number of carbonyl (C=O) groups is 4. The quantitative estimate of drug-likeness (QED) is 0.454. The van der Waals surface area contributed by atoms with E-state index in [0.29, 0.717) is 13.2 Å². The molecule has 0 bridgehead atoms. The van der Waals surface area contributed by atoms with Gasteiger partial charge in [-0.2, -0.15) is 0 Å². The van der Waals surface area contributed by atoms with Crippen LogP contribution in [0.1, 0.15) is 34.6 Å². The van der Waals surface area contributed by atoms with Gasteiger partial charge in [0.2, 0.25) is 0 Å². The molecule has 0 aromatic heterocycles. The second-order valence-electron chi connectivity index (χ2n) is 3.00. The summed E-state index contributed by atoms with van der Waals surface area (Å²) < 4.78 is 4.73. The molecule has 0 unspecified atom stereocenters. The van der Waals surface area contributed by atoms with E-state index in [4.69, 9.17) is 49.4 Å². The summed E-state index contributed by atoms with van der Waals surface area (Å²) in [5.74, 6) is -3.33. The zero-order valence-electron chi connectivity index (χ0n) is 13.4. The summed E-state index contributed by atoms with van der Waals surface area (Å²) >= 11 is 0. The van der Waals surface area contributed by atoms with Crippen LogP contribution in [-0.4, -0.2) is 69.2 Å². The molecule has 5 N–H and O–H groups in total. The smallest absolute Gasteiger partial charge is 0.300 e. The molecule has 10 heteroatoms. The average molecular weight is 330 g/mol. The molecule has 22 heavy (non-hydrogen) atoms. The summed E-state index contributed by atoms with van der Waals surface area (Å²) in [6.07, 6.45) is 0. The molecule has 0 rings (SSSR count). The molecule has 0 radical (unpaired) electrons. The summed E-state index contributed by atoms with van der Waals surface area (Å²) in [6.45, 7) is 7.53. The molecule has 0 saturated heterocycles. The molecular formula is C12H26O10. The van der Waals surface area contributed by atoms with E-state index < -0.39 is 23.9 Å². The lowest BCUT2D eigenvalue weighted by atomic mass is 10.8. The maximum absolute atomic E-state index is 9.00. The van der Waals surface area contributed by atoms with Gasteiger partial charge in [0.1, 0.15) is 0 Å². The van der Waals surface area contributed by atoms with E-state index in [1.807, 2.05) is 6.92 Å². The minimum Gasteiger partial charge on any atom is -0.481 e. The Kier molecular flexibility index (Phi) is 45.4. The monoisotopic (exact) mass is 330 g/mol. The van der Waals surface area contributed by atoms with Crippen molar-refractivity contribution in [2.24, 2.45) is 0 Å². The van der Waals surface area contributed by atoms with Gasteiger partial charge in [0, 0.05) is 34.3 Å². The van der Waals surface area contributed by atoms with Crippen LogP contribution in [0.4, 0.5) is 0 Å². The number of carboxylic acid groups (broad SMARTS) is 4. The molecule has 0 heterocycles. The third kappa shape index (κ3) is 7850. The maximum atomic E-state index is 9.00. The summed E-state index contributed by atoms with van der Waals surface area (Å²) in [7, 11) is 0. The predicted octanol–water partition coefficient (Wildman–Crippen LogP) is 0.379. The van der Waals surface area contributed by atoms with E-state index in [1.165, 1.54) is 0 Å². The summed E-state index contributed by atoms with van der Waals surface area (Å²) in [6, 6.07) is 0. The predicted molar refractivity (Wildman–Crippen MR) is 76.8 cm³/mol. The van der Waals surface area contributed by atoms with E-state index in [1.54, 1.807) is 0 Å². The van der Waals surface area contributed by atoms with Crippen molar-refractivity contribution in [3.63, 3.8) is 0 Å². The molecule has 0 spiro atoms. The van der Waals surface area contributed by atoms with Crippen LogP contribution in [0.2, 0.25) is 0 Å². The van der Waals surface area contributed by atoms with E-state index in [2.05, 4.69) is 0 Å². The van der Waals surface area contributed by atoms with Gasteiger partial charge in [-0.1, -0.05) is 0 Å². The highest BCUT2D eigenvalue weighted by atomic mass is 16.5. The molecule has 0 aliphatic heterocycles. The number of carboxylic acids is 4. The van der Waals surface area contributed by atoms with Crippen molar-refractivity contribution in [2.75, 3.05) is 19.8 Å². The van der Waals surface area contributed by atoms with Crippen LogP contribution in [0.5, 0.6) is 0 Å². The van der Waals surface area contributed by atoms with E-state index in [0.717, 1.165) is 27.7 Å². The Hall–Kier alpha value is -2.20. The fourth-order valence-corrected chi connectivity index (χ4v) is 0.209. The fourth-order valence-electron chi connectivity index (χ4n) is 0.209. The third-order valence-corrected chi connectivity index (χ3v) is 0.440.